The van der Waals surface area contributed by atoms with Crippen molar-refractivity contribution in [3.05, 3.63) is 82.8 Å². The summed E-state index contributed by atoms with van der Waals surface area (Å²) in [6, 6.07) is 17.4. The normalized spacial score (nSPS) is 14.6. The SMILES string of the molecule is Cc1nc(C)c(Cc2ccccc2)c(NCc2ccc(S(=O)(=O)N3CCCC3)cc2)n1. The largest absolute Gasteiger partial charge is 0.366 e. The van der Waals surface area contributed by atoms with Crippen molar-refractivity contribution < 1.29 is 8.42 Å². The van der Waals surface area contributed by atoms with Gasteiger partial charge in [-0.2, -0.15) is 4.31 Å². The van der Waals surface area contributed by atoms with Gasteiger partial charge in [0, 0.05) is 37.3 Å². The van der Waals surface area contributed by atoms with Gasteiger partial charge in [0.2, 0.25) is 10.0 Å². The third-order valence-corrected chi connectivity index (χ3v) is 7.55. The van der Waals surface area contributed by atoms with Crippen molar-refractivity contribution in [3.63, 3.8) is 0 Å². The molecular weight excluding hydrogens is 408 g/mol. The number of rotatable bonds is 7. The van der Waals surface area contributed by atoms with E-state index in [2.05, 4.69) is 27.4 Å². The zero-order valence-corrected chi connectivity index (χ0v) is 18.8. The molecule has 0 aliphatic carbocycles. The first-order chi connectivity index (χ1) is 14.9. The van der Waals surface area contributed by atoms with Crippen LogP contribution in [0.2, 0.25) is 0 Å². The van der Waals surface area contributed by atoms with Crippen LogP contribution in [0.25, 0.3) is 0 Å². The van der Waals surface area contributed by atoms with E-state index in [9.17, 15) is 8.42 Å². The van der Waals surface area contributed by atoms with Crippen molar-refractivity contribution in [2.75, 3.05) is 18.4 Å². The second kappa shape index (κ2) is 9.16. The van der Waals surface area contributed by atoms with E-state index >= 15 is 0 Å². The minimum Gasteiger partial charge on any atom is -0.366 e. The summed E-state index contributed by atoms with van der Waals surface area (Å²) in [7, 11) is -3.38. The zero-order valence-electron chi connectivity index (χ0n) is 18.0. The maximum absolute atomic E-state index is 12.7. The molecule has 6 nitrogen and oxygen atoms in total. The monoisotopic (exact) mass is 436 g/mol. The lowest BCUT2D eigenvalue weighted by Gasteiger charge is -2.16. The minimum atomic E-state index is -3.38. The second-order valence-electron chi connectivity index (χ2n) is 7.95. The minimum absolute atomic E-state index is 0.358. The second-order valence-corrected chi connectivity index (χ2v) is 9.89. The van der Waals surface area contributed by atoms with Crippen molar-refractivity contribution in [2.24, 2.45) is 0 Å². The maximum atomic E-state index is 12.7. The van der Waals surface area contributed by atoms with E-state index in [1.165, 1.54) is 5.56 Å². The van der Waals surface area contributed by atoms with Crippen LogP contribution in [-0.4, -0.2) is 35.8 Å². The highest BCUT2D eigenvalue weighted by molar-refractivity contribution is 7.89. The number of hydrogen-bond donors (Lipinski definition) is 1. The van der Waals surface area contributed by atoms with Gasteiger partial charge in [0.1, 0.15) is 11.6 Å². The van der Waals surface area contributed by atoms with Crippen molar-refractivity contribution in [3.8, 4) is 0 Å². The van der Waals surface area contributed by atoms with Gasteiger partial charge in [-0.1, -0.05) is 42.5 Å². The Morgan fingerprint density at radius 1 is 0.903 bits per heavy atom. The number of anilines is 1. The predicted molar refractivity (Wildman–Crippen MR) is 123 cm³/mol. The van der Waals surface area contributed by atoms with Gasteiger partial charge < -0.3 is 5.32 Å². The Labute approximate surface area is 184 Å². The molecule has 0 unspecified atom stereocenters. The smallest absolute Gasteiger partial charge is 0.243 e. The summed E-state index contributed by atoms with van der Waals surface area (Å²) in [6.45, 7) is 5.69. The van der Waals surface area contributed by atoms with Crippen LogP contribution >= 0.6 is 0 Å². The quantitative estimate of drug-likeness (QED) is 0.604. The van der Waals surface area contributed by atoms with E-state index in [0.29, 0.717) is 24.5 Å². The molecule has 162 valence electrons. The molecule has 7 heteroatoms. The summed E-state index contributed by atoms with van der Waals surface area (Å²) in [6.07, 6.45) is 2.62. The van der Waals surface area contributed by atoms with Gasteiger partial charge in [0.05, 0.1) is 4.90 Å². The van der Waals surface area contributed by atoms with E-state index in [-0.39, 0.29) is 0 Å². The lowest BCUT2D eigenvalue weighted by molar-refractivity contribution is 0.477. The van der Waals surface area contributed by atoms with Crippen molar-refractivity contribution in [1.82, 2.24) is 14.3 Å². The number of aryl methyl sites for hydroxylation is 2. The van der Waals surface area contributed by atoms with Crippen molar-refractivity contribution in [2.45, 2.75) is 44.6 Å². The number of sulfonamides is 1. The Balaban J connectivity index is 1.50. The van der Waals surface area contributed by atoms with Gasteiger partial charge in [0.25, 0.3) is 0 Å². The first-order valence-corrected chi connectivity index (χ1v) is 12.1. The third-order valence-electron chi connectivity index (χ3n) is 5.64. The van der Waals surface area contributed by atoms with E-state index in [1.54, 1.807) is 16.4 Å². The van der Waals surface area contributed by atoms with Crippen LogP contribution in [0.15, 0.2) is 59.5 Å². The fourth-order valence-electron chi connectivity index (χ4n) is 3.94. The number of nitrogens with zero attached hydrogens (tertiary/aromatic N) is 3. The molecule has 0 bridgehead atoms. The highest BCUT2D eigenvalue weighted by atomic mass is 32.2. The van der Waals surface area contributed by atoms with E-state index < -0.39 is 10.0 Å². The van der Waals surface area contributed by atoms with E-state index in [4.69, 9.17) is 0 Å². The molecule has 0 atom stereocenters. The average Bonchev–Trinajstić information content (AvgIpc) is 3.31. The molecule has 2 aromatic carbocycles. The topological polar surface area (TPSA) is 75.2 Å². The Hall–Kier alpha value is -2.77. The highest BCUT2D eigenvalue weighted by Crippen LogP contribution is 2.23. The molecule has 4 rings (SSSR count). The van der Waals surface area contributed by atoms with Gasteiger partial charge >= 0.3 is 0 Å². The number of aromatic nitrogens is 2. The molecule has 0 radical (unpaired) electrons. The molecule has 1 aromatic heterocycles. The van der Waals surface area contributed by atoms with Crippen LogP contribution in [-0.2, 0) is 23.0 Å². The van der Waals surface area contributed by atoms with E-state index in [1.807, 2.05) is 44.2 Å². The summed E-state index contributed by atoms with van der Waals surface area (Å²) in [5.41, 5.74) is 4.24. The van der Waals surface area contributed by atoms with Gasteiger partial charge in [-0.3, -0.25) is 0 Å². The Morgan fingerprint density at radius 3 is 2.26 bits per heavy atom. The van der Waals surface area contributed by atoms with Gasteiger partial charge in [-0.15, -0.1) is 0 Å². The van der Waals surface area contributed by atoms with Crippen LogP contribution in [0.4, 0.5) is 5.82 Å². The number of nitrogens with one attached hydrogen (secondary N) is 1. The van der Waals surface area contributed by atoms with Gasteiger partial charge in [0.15, 0.2) is 0 Å². The molecule has 3 aromatic rings. The molecule has 0 amide bonds. The first kappa shape index (κ1) is 21.5. The Kier molecular flexibility index (Phi) is 6.34. The van der Waals surface area contributed by atoms with Crippen molar-refractivity contribution >= 4 is 15.8 Å². The van der Waals surface area contributed by atoms with Crippen LogP contribution in [0.1, 0.15) is 41.1 Å². The van der Waals surface area contributed by atoms with E-state index in [0.717, 1.165) is 47.7 Å². The molecule has 2 heterocycles. The van der Waals surface area contributed by atoms with Crippen LogP contribution in [0, 0.1) is 13.8 Å². The molecule has 1 N–H and O–H groups in total. The summed E-state index contributed by atoms with van der Waals surface area (Å²) < 4.78 is 27.0. The number of hydrogen-bond acceptors (Lipinski definition) is 5. The Morgan fingerprint density at radius 2 is 1.58 bits per heavy atom. The molecule has 0 saturated carbocycles. The zero-order chi connectivity index (χ0) is 21.8. The van der Waals surface area contributed by atoms with Gasteiger partial charge in [-0.05, 0) is 49.9 Å². The Bertz CT molecular complexity index is 1140. The first-order valence-electron chi connectivity index (χ1n) is 10.6. The van der Waals surface area contributed by atoms with Gasteiger partial charge in [-0.25, -0.2) is 18.4 Å². The lowest BCUT2D eigenvalue weighted by Crippen LogP contribution is -2.27. The fourth-order valence-corrected chi connectivity index (χ4v) is 5.45. The number of benzene rings is 2. The van der Waals surface area contributed by atoms with Crippen LogP contribution in [0.3, 0.4) is 0 Å². The maximum Gasteiger partial charge on any atom is 0.243 e. The fraction of sp³-hybridized carbons (Fsp3) is 0.333. The molecule has 31 heavy (non-hydrogen) atoms. The summed E-state index contributed by atoms with van der Waals surface area (Å²) in [5, 5.41) is 3.43. The van der Waals surface area contributed by atoms with Crippen LogP contribution < -0.4 is 5.32 Å². The highest BCUT2D eigenvalue weighted by Gasteiger charge is 2.26. The lowest BCUT2D eigenvalue weighted by atomic mass is 10.0. The summed E-state index contributed by atoms with van der Waals surface area (Å²) in [5.74, 6) is 1.55. The third kappa shape index (κ3) is 4.94. The molecule has 1 saturated heterocycles. The molecule has 1 aliphatic heterocycles. The standard InChI is InChI=1S/C24H28N4O2S/c1-18-23(16-20-8-4-3-5-9-20)24(27-19(2)26-18)25-17-21-10-12-22(13-11-21)31(29,30)28-14-6-7-15-28/h3-5,8-13H,6-7,14-17H2,1-2H3,(H,25,26,27). The average molecular weight is 437 g/mol. The summed E-state index contributed by atoms with van der Waals surface area (Å²) in [4.78, 5) is 9.53. The summed E-state index contributed by atoms with van der Waals surface area (Å²) >= 11 is 0. The van der Waals surface area contributed by atoms with Crippen LogP contribution in [0.5, 0.6) is 0 Å². The molecule has 1 fully saturated rings. The molecule has 1 aliphatic rings. The van der Waals surface area contributed by atoms with Crippen molar-refractivity contribution in [1.29, 1.82) is 0 Å². The predicted octanol–water partition coefficient (Wildman–Crippen LogP) is 4.08. The molecule has 0 spiro atoms. The molecular formula is C24H28N4O2S.